The third-order valence-corrected chi connectivity index (χ3v) is 9.01. The van der Waals surface area contributed by atoms with Gasteiger partial charge in [0.05, 0.1) is 0 Å². The summed E-state index contributed by atoms with van der Waals surface area (Å²) in [5, 5.41) is 7.14. The van der Waals surface area contributed by atoms with Crippen molar-refractivity contribution in [2.24, 2.45) is 0 Å². The van der Waals surface area contributed by atoms with Gasteiger partial charge in [-0.1, -0.05) is 91.0 Å². The average molecular weight is 577 g/mol. The van der Waals surface area contributed by atoms with Crippen LogP contribution in [0.15, 0.2) is 146 Å². The van der Waals surface area contributed by atoms with E-state index in [1.807, 2.05) is 19.0 Å². The minimum atomic E-state index is 0.861. The fraction of sp³-hybridized carbons (Fsp3) is 0. The Morgan fingerprint density at radius 2 is 0.600 bits per heavy atom. The van der Waals surface area contributed by atoms with Gasteiger partial charge in [0, 0.05) is 17.1 Å². The van der Waals surface area contributed by atoms with Gasteiger partial charge in [-0.3, -0.25) is 13.7 Å². The van der Waals surface area contributed by atoms with Crippen LogP contribution in [0.3, 0.4) is 0 Å². The number of fused-ring (bicyclic) bond motifs is 9. The Balaban J connectivity index is 1.31. The van der Waals surface area contributed by atoms with Crippen molar-refractivity contribution in [1.82, 2.24) is 28.7 Å². The summed E-state index contributed by atoms with van der Waals surface area (Å²) in [5.74, 6) is 0. The topological polar surface area (TPSA) is 53.5 Å². The number of benzene rings is 7. The molecule has 0 saturated heterocycles. The van der Waals surface area contributed by atoms with Gasteiger partial charge >= 0.3 is 0 Å². The Hall–Kier alpha value is -6.27. The predicted molar refractivity (Wildman–Crippen MR) is 183 cm³/mol. The SMILES string of the molecule is c1ccc2cc(-n3cnc4c3c3ncn(-c5ccc6ccccc6c5)c3c3ncn(-c5ccc6ccccc6c5)c43)ccc2c1. The Labute approximate surface area is 257 Å². The van der Waals surface area contributed by atoms with Crippen molar-refractivity contribution in [3.05, 3.63) is 146 Å². The van der Waals surface area contributed by atoms with Gasteiger partial charge in [0.15, 0.2) is 0 Å². The van der Waals surface area contributed by atoms with Gasteiger partial charge in [-0.2, -0.15) is 0 Å². The molecule has 0 fully saturated rings. The van der Waals surface area contributed by atoms with Crippen molar-refractivity contribution in [1.29, 1.82) is 0 Å². The van der Waals surface area contributed by atoms with E-state index >= 15 is 0 Å². The Morgan fingerprint density at radius 3 is 0.911 bits per heavy atom. The first-order valence-corrected chi connectivity index (χ1v) is 15.0. The summed E-state index contributed by atoms with van der Waals surface area (Å²) in [4.78, 5) is 15.1. The standard InChI is InChI=1S/C39H24N6/c1-4-10-28-19-31(16-13-25(28)7-1)43-22-40-34-37(43)35-39(44(23-41-35)32-17-14-26-8-2-5-11-29(26)20-32)36-38(34)45(24-42-36)33-18-15-27-9-3-6-12-30(27)21-33/h1-24H. The van der Waals surface area contributed by atoms with Crippen molar-refractivity contribution in [2.75, 3.05) is 0 Å². The van der Waals surface area contributed by atoms with Crippen LogP contribution in [0.5, 0.6) is 0 Å². The largest absolute Gasteiger partial charge is 0.297 e. The third kappa shape index (κ3) is 3.53. The summed E-state index contributed by atoms with van der Waals surface area (Å²) in [5.41, 5.74) is 8.55. The molecule has 0 aliphatic rings. The van der Waals surface area contributed by atoms with E-state index in [9.17, 15) is 0 Å². The molecule has 0 atom stereocenters. The maximum atomic E-state index is 5.05. The molecule has 0 spiro atoms. The lowest BCUT2D eigenvalue weighted by molar-refractivity contribution is 1.09. The van der Waals surface area contributed by atoms with Gasteiger partial charge in [-0.15, -0.1) is 0 Å². The number of nitrogens with zero attached hydrogens (tertiary/aromatic N) is 6. The zero-order valence-corrected chi connectivity index (χ0v) is 24.0. The molecule has 6 nitrogen and oxygen atoms in total. The van der Waals surface area contributed by atoms with E-state index in [4.69, 9.17) is 15.0 Å². The molecule has 0 aliphatic carbocycles. The number of imidazole rings is 3. The van der Waals surface area contributed by atoms with Gasteiger partial charge in [-0.25, -0.2) is 15.0 Å². The second-order valence-corrected chi connectivity index (χ2v) is 11.5. The average Bonchev–Trinajstić information content (AvgIpc) is 3.84. The van der Waals surface area contributed by atoms with Crippen LogP contribution < -0.4 is 0 Å². The first-order chi connectivity index (χ1) is 22.3. The lowest BCUT2D eigenvalue weighted by atomic mass is 10.1. The van der Waals surface area contributed by atoms with Crippen LogP contribution in [0.25, 0.3) is 82.5 Å². The quantitative estimate of drug-likeness (QED) is 0.211. The van der Waals surface area contributed by atoms with Crippen LogP contribution in [0, 0.1) is 0 Å². The fourth-order valence-electron chi connectivity index (χ4n) is 6.81. The van der Waals surface area contributed by atoms with Crippen molar-refractivity contribution in [3.8, 4) is 17.1 Å². The van der Waals surface area contributed by atoms with Gasteiger partial charge in [0.2, 0.25) is 0 Å². The van der Waals surface area contributed by atoms with Crippen LogP contribution in [0.2, 0.25) is 0 Å². The lowest BCUT2D eigenvalue weighted by Crippen LogP contribution is -1.97. The number of hydrogen-bond acceptors (Lipinski definition) is 3. The van der Waals surface area contributed by atoms with Crippen LogP contribution in [0.1, 0.15) is 0 Å². The first-order valence-electron chi connectivity index (χ1n) is 15.0. The molecular weight excluding hydrogens is 552 g/mol. The van der Waals surface area contributed by atoms with Crippen molar-refractivity contribution >= 4 is 65.4 Å². The van der Waals surface area contributed by atoms with E-state index in [2.05, 4.69) is 141 Å². The van der Waals surface area contributed by atoms with E-state index < -0.39 is 0 Å². The van der Waals surface area contributed by atoms with Crippen molar-refractivity contribution in [3.63, 3.8) is 0 Å². The summed E-state index contributed by atoms with van der Waals surface area (Å²) in [6.45, 7) is 0. The highest BCUT2D eigenvalue weighted by Gasteiger charge is 2.23. The van der Waals surface area contributed by atoms with E-state index in [0.717, 1.165) is 50.2 Å². The normalized spacial score (nSPS) is 12.0. The first kappa shape index (κ1) is 24.2. The minimum Gasteiger partial charge on any atom is -0.297 e. The van der Waals surface area contributed by atoms with Crippen molar-refractivity contribution in [2.45, 2.75) is 0 Å². The monoisotopic (exact) mass is 576 g/mol. The summed E-state index contributed by atoms with van der Waals surface area (Å²) >= 11 is 0. The molecule has 7 aromatic carbocycles. The molecule has 0 radical (unpaired) electrons. The predicted octanol–water partition coefficient (Wildman–Crippen LogP) is 9.16. The molecular formula is C39H24N6. The Bertz CT molecular complexity index is 2450. The smallest absolute Gasteiger partial charge is 0.117 e. The highest BCUT2D eigenvalue weighted by Crippen LogP contribution is 2.37. The summed E-state index contributed by atoms with van der Waals surface area (Å²) in [6.07, 6.45) is 5.75. The molecule has 3 aromatic heterocycles. The van der Waals surface area contributed by atoms with Gasteiger partial charge in [-0.05, 0) is 68.7 Å². The van der Waals surface area contributed by atoms with Gasteiger partial charge in [0.25, 0.3) is 0 Å². The zero-order valence-electron chi connectivity index (χ0n) is 24.0. The van der Waals surface area contributed by atoms with Crippen LogP contribution in [-0.4, -0.2) is 28.7 Å². The number of aromatic nitrogens is 6. The number of hydrogen-bond donors (Lipinski definition) is 0. The number of rotatable bonds is 3. The molecule has 0 aliphatic heterocycles. The molecule has 0 saturated carbocycles. The third-order valence-electron chi connectivity index (χ3n) is 9.01. The minimum absolute atomic E-state index is 0.861. The second-order valence-electron chi connectivity index (χ2n) is 11.5. The molecule has 10 rings (SSSR count). The molecule has 6 heteroatoms. The highest BCUT2D eigenvalue weighted by atomic mass is 15.1. The second kappa shape index (κ2) is 9.11. The van der Waals surface area contributed by atoms with Gasteiger partial charge < -0.3 is 0 Å². The Kier molecular flexibility index (Phi) is 4.90. The van der Waals surface area contributed by atoms with Crippen LogP contribution in [0.4, 0.5) is 0 Å². The van der Waals surface area contributed by atoms with Crippen LogP contribution in [-0.2, 0) is 0 Å². The van der Waals surface area contributed by atoms with E-state index in [-0.39, 0.29) is 0 Å². The summed E-state index contributed by atoms with van der Waals surface area (Å²) in [6, 6.07) is 44.9. The fourth-order valence-corrected chi connectivity index (χ4v) is 6.81. The summed E-state index contributed by atoms with van der Waals surface area (Å²) < 4.78 is 6.50. The highest BCUT2D eigenvalue weighted by molar-refractivity contribution is 6.20. The molecule has 0 N–H and O–H groups in total. The van der Waals surface area contributed by atoms with E-state index in [0.29, 0.717) is 0 Å². The summed E-state index contributed by atoms with van der Waals surface area (Å²) in [7, 11) is 0. The van der Waals surface area contributed by atoms with Crippen molar-refractivity contribution < 1.29 is 0 Å². The molecule has 0 unspecified atom stereocenters. The van der Waals surface area contributed by atoms with Crippen LogP contribution >= 0.6 is 0 Å². The molecule has 0 amide bonds. The molecule has 45 heavy (non-hydrogen) atoms. The molecule has 210 valence electrons. The van der Waals surface area contributed by atoms with E-state index in [1.165, 1.54) is 32.3 Å². The molecule has 3 heterocycles. The Morgan fingerprint density at radius 1 is 0.311 bits per heavy atom. The van der Waals surface area contributed by atoms with E-state index in [1.54, 1.807) is 0 Å². The molecule has 10 aromatic rings. The lowest BCUT2D eigenvalue weighted by Gasteiger charge is -2.11. The zero-order chi connectivity index (χ0) is 29.5. The molecule has 0 bridgehead atoms. The van der Waals surface area contributed by atoms with Gasteiger partial charge in [0.1, 0.15) is 52.1 Å². The maximum absolute atomic E-state index is 5.05. The maximum Gasteiger partial charge on any atom is 0.117 e.